The molecule has 1 aromatic rings. The van der Waals surface area contributed by atoms with Gasteiger partial charge < -0.3 is 5.11 Å². The summed E-state index contributed by atoms with van der Waals surface area (Å²) >= 11 is 0. The first-order chi connectivity index (χ1) is 10.1. The Bertz CT molecular complexity index is 451. The lowest BCUT2D eigenvalue weighted by Crippen LogP contribution is -2.36. The molecule has 1 atom stereocenters. The Morgan fingerprint density at radius 3 is 2.43 bits per heavy atom. The first kappa shape index (κ1) is 15.9. The van der Waals surface area contributed by atoms with Gasteiger partial charge in [-0.05, 0) is 49.9 Å². The number of nitrogens with zero attached hydrogens (tertiary/aromatic N) is 1. The van der Waals surface area contributed by atoms with Crippen molar-refractivity contribution in [3.8, 4) is 0 Å². The van der Waals surface area contributed by atoms with E-state index in [2.05, 4.69) is 22.5 Å². The van der Waals surface area contributed by atoms with Crippen LogP contribution >= 0.6 is 0 Å². The predicted octanol–water partition coefficient (Wildman–Crippen LogP) is 0.812. The maximum absolute atomic E-state index is 11.2. The predicted molar refractivity (Wildman–Crippen MR) is 82.2 cm³/mol. The molecule has 0 saturated carbocycles. The van der Waals surface area contributed by atoms with Crippen LogP contribution < -0.4 is 11.3 Å². The molecule has 116 valence electrons. The summed E-state index contributed by atoms with van der Waals surface area (Å²) < 4.78 is 0. The van der Waals surface area contributed by atoms with E-state index in [0.717, 1.165) is 38.0 Å². The van der Waals surface area contributed by atoms with E-state index in [1.807, 2.05) is 19.1 Å². The van der Waals surface area contributed by atoms with Gasteiger partial charge in [0.05, 0.1) is 12.5 Å². The van der Waals surface area contributed by atoms with Gasteiger partial charge in [-0.2, -0.15) is 0 Å². The standard InChI is InChI=1S/C16H25N3O2/c1-12(20)15-6-8-19(9-7-15)11-14-4-2-13(3-5-14)10-16(21)18-17/h2-5,12,15,20H,6-11,17H2,1H3,(H,18,21). The average Bonchev–Trinajstić information content (AvgIpc) is 2.49. The Morgan fingerprint density at radius 2 is 1.90 bits per heavy atom. The number of benzene rings is 1. The molecule has 1 unspecified atom stereocenters. The van der Waals surface area contributed by atoms with Gasteiger partial charge in [0.1, 0.15) is 0 Å². The van der Waals surface area contributed by atoms with E-state index in [-0.39, 0.29) is 12.0 Å². The maximum Gasteiger partial charge on any atom is 0.238 e. The lowest BCUT2D eigenvalue weighted by molar-refractivity contribution is -0.120. The van der Waals surface area contributed by atoms with Gasteiger partial charge in [0.25, 0.3) is 0 Å². The summed E-state index contributed by atoms with van der Waals surface area (Å²) in [5.74, 6) is 5.35. The van der Waals surface area contributed by atoms with Crippen LogP contribution in [-0.4, -0.2) is 35.1 Å². The molecule has 0 bridgehead atoms. The van der Waals surface area contributed by atoms with Crippen LogP contribution in [-0.2, 0) is 17.8 Å². The molecule has 0 radical (unpaired) electrons. The highest BCUT2D eigenvalue weighted by molar-refractivity contribution is 5.77. The summed E-state index contributed by atoms with van der Waals surface area (Å²) in [5, 5.41) is 9.62. The SMILES string of the molecule is CC(O)C1CCN(Cc2ccc(CC(=O)NN)cc2)CC1. The zero-order chi connectivity index (χ0) is 15.2. The number of carbonyl (C=O) groups excluding carboxylic acids is 1. The lowest BCUT2D eigenvalue weighted by Gasteiger charge is -2.33. The third kappa shape index (κ3) is 4.81. The Labute approximate surface area is 126 Å². The fraction of sp³-hybridized carbons (Fsp3) is 0.562. The molecule has 21 heavy (non-hydrogen) atoms. The highest BCUT2D eigenvalue weighted by Crippen LogP contribution is 2.21. The zero-order valence-electron chi connectivity index (χ0n) is 12.6. The van der Waals surface area contributed by atoms with Crippen molar-refractivity contribution in [2.45, 2.75) is 38.8 Å². The highest BCUT2D eigenvalue weighted by atomic mass is 16.3. The van der Waals surface area contributed by atoms with Crippen LogP contribution in [0.1, 0.15) is 30.9 Å². The van der Waals surface area contributed by atoms with E-state index >= 15 is 0 Å². The number of aliphatic hydroxyl groups is 1. The summed E-state index contributed by atoms with van der Waals surface area (Å²) in [6.07, 6.45) is 2.25. The molecule has 1 aromatic carbocycles. The largest absolute Gasteiger partial charge is 0.393 e. The van der Waals surface area contributed by atoms with Gasteiger partial charge in [0.2, 0.25) is 5.91 Å². The maximum atomic E-state index is 11.2. The monoisotopic (exact) mass is 291 g/mol. The van der Waals surface area contributed by atoms with Gasteiger partial charge >= 0.3 is 0 Å². The molecule has 2 rings (SSSR count). The Hall–Kier alpha value is -1.43. The van der Waals surface area contributed by atoms with Crippen LogP contribution in [0.2, 0.25) is 0 Å². The minimum atomic E-state index is -0.194. The Morgan fingerprint density at radius 1 is 1.33 bits per heavy atom. The Kier molecular flexibility index (Phi) is 5.73. The molecule has 5 heteroatoms. The number of nitrogens with two attached hydrogens (primary N) is 1. The molecule has 5 nitrogen and oxygen atoms in total. The highest BCUT2D eigenvalue weighted by Gasteiger charge is 2.22. The van der Waals surface area contributed by atoms with E-state index in [1.54, 1.807) is 0 Å². The second-order valence-electron chi connectivity index (χ2n) is 5.91. The van der Waals surface area contributed by atoms with Crippen LogP contribution in [0.5, 0.6) is 0 Å². The molecule has 1 aliphatic heterocycles. The number of aliphatic hydroxyl groups excluding tert-OH is 1. The second kappa shape index (κ2) is 7.54. The number of carbonyl (C=O) groups is 1. The topological polar surface area (TPSA) is 78.6 Å². The number of hydrogen-bond donors (Lipinski definition) is 3. The van der Waals surface area contributed by atoms with Crippen LogP contribution in [0.15, 0.2) is 24.3 Å². The number of hydrogen-bond acceptors (Lipinski definition) is 4. The van der Waals surface area contributed by atoms with Crippen molar-refractivity contribution in [3.05, 3.63) is 35.4 Å². The summed E-state index contributed by atoms with van der Waals surface area (Å²) in [5.41, 5.74) is 4.36. The van der Waals surface area contributed by atoms with Crippen LogP contribution in [0, 0.1) is 5.92 Å². The number of hydrazine groups is 1. The molecule has 1 saturated heterocycles. The van der Waals surface area contributed by atoms with Gasteiger partial charge in [-0.1, -0.05) is 24.3 Å². The quantitative estimate of drug-likeness (QED) is 0.426. The molecular formula is C16H25N3O2. The first-order valence-corrected chi connectivity index (χ1v) is 7.56. The fourth-order valence-corrected chi connectivity index (χ4v) is 2.85. The minimum Gasteiger partial charge on any atom is -0.393 e. The summed E-state index contributed by atoms with van der Waals surface area (Å²) in [7, 11) is 0. The number of rotatable bonds is 5. The van der Waals surface area contributed by atoms with E-state index in [0.29, 0.717) is 12.3 Å². The van der Waals surface area contributed by atoms with Crippen molar-refractivity contribution in [2.75, 3.05) is 13.1 Å². The minimum absolute atomic E-state index is 0.178. The van der Waals surface area contributed by atoms with Crippen LogP contribution in [0.4, 0.5) is 0 Å². The molecular weight excluding hydrogens is 266 g/mol. The molecule has 1 heterocycles. The van der Waals surface area contributed by atoms with Crippen molar-refractivity contribution in [1.82, 2.24) is 10.3 Å². The van der Waals surface area contributed by atoms with E-state index in [1.165, 1.54) is 5.56 Å². The second-order valence-corrected chi connectivity index (χ2v) is 5.91. The zero-order valence-corrected chi connectivity index (χ0v) is 12.6. The number of likely N-dealkylation sites (tertiary alicyclic amines) is 1. The van der Waals surface area contributed by atoms with Gasteiger partial charge in [0, 0.05) is 6.54 Å². The van der Waals surface area contributed by atoms with Gasteiger partial charge in [0.15, 0.2) is 0 Å². The van der Waals surface area contributed by atoms with Crippen LogP contribution in [0.3, 0.4) is 0 Å². The van der Waals surface area contributed by atoms with Crippen molar-refractivity contribution < 1.29 is 9.90 Å². The van der Waals surface area contributed by atoms with E-state index in [4.69, 9.17) is 5.84 Å². The van der Waals surface area contributed by atoms with Crippen molar-refractivity contribution in [2.24, 2.45) is 11.8 Å². The van der Waals surface area contributed by atoms with Crippen molar-refractivity contribution >= 4 is 5.91 Å². The van der Waals surface area contributed by atoms with Crippen molar-refractivity contribution in [3.63, 3.8) is 0 Å². The molecule has 0 aromatic heterocycles. The number of piperidine rings is 1. The summed E-state index contributed by atoms with van der Waals surface area (Å²) in [6.45, 7) is 4.88. The third-order valence-corrected chi connectivity index (χ3v) is 4.27. The van der Waals surface area contributed by atoms with E-state index < -0.39 is 0 Å². The first-order valence-electron chi connectivity index (χ1n) is 7.56. The van der Waals surface area contributed by atoms with E-state index in [9.17, 15) is 9.90 Å². The van der Waals surface area contributed by atoms with Gasteiger partial charge in [-0.3, -0.25) is 15.1 Å². The van der Waals surface area contributed by atoms with Crippen LogP contribution in [0.25, 0.3) is 0 Å². The van der Waals surface area contributed by atoms with Gasteiger partial charge in [-0.15, -0.1) is 0 Å². The fourth-order valence-electron chi connectivity index (χ4n) is 2.85. The molecule has 1 fully saturated rings. The molecule has 0 spiro atoms. The molecule has 0 aliphatic carbocycles. The summed E-state index contributed by atoms with van der Waals surface area (Å²) in [4.78, 5) is 13.6. The lowest BCUT2D eigenvalue weighted by atomic mass is 9.92. The molecule has 1 aliphatic rings. The van der Waals surface area contributed by atoms with Gasteiger partial charge in [-0.25, -0.2) is 5.84 Å². The average molecular weight is 291 g/mol. The van der Waals surface area contributed by atoms with Crippen molar-refractivity contribution in [1.29, 1.82) is 0 Å². The summed E-state index contributed by atoms with van der Waals surface area (Å²) in [6, 6.07) is 8.10. The molecule has 1 amide bonds. The molecule has 4 N–H and O–H groups in total. The smallest absolute Gasteiger partial charge is 0.238 e. The Balaban J connectivity index is 1.82. The number of nitrogens with one attached hydrogen (secondary N) is 1. The normalized spacial score (nSPS) is 18.4. The number of amides is 1. The third-order valence-electron chi connectivity index (χ3n) is 4.27.